The number of benzene rings is 1. The third-order valence-electron chi connectivity index (χ3n) is 2.79. The number of nitrogens with zero attached hydrogens (tertiary/aromatic N) is 1. The van der Waals surface area contributed by atoms with Crippen molar-refractivity contribution < 1.29 is 0 Å². The van der Waals surface area contributed by atoms with E-state index in [1.807, 2.05) is 37.3 Å². The molecule has 94 valence electrons. The van der Waals surface area contributed by atoms with Crippen LogP contribution in [0.3, 0.4) is 0 Å². The molecule has 0 aliphatic carbocycles. The Morgan fingerprint density at radius 3 is 2.44 bits per heavy atom. The lowest BCUT2D eigenvalue weighted by Gasteiger charge is -2.09. The van der Waals surface area contributed by atoms with E-state index in [0.29, 0.717) is 6.42 Å². The maximum Gasteiger partial charge on any atom is 0.259 e. The van der Waals surface area contributed by atoms with Crippen molar-refractivity contribution in [3.8, 4) is 5.69 Å². The van der Waals surface area contributed by atoms with Gasteiger partial charge in [0.2, 0.25) is 0 Å². The number of alkyl halides is 1. The van der Waals surface area contributed by atoms with Gasteiger partial charge in [-0.2, -0.15) is 0 Å². The SMILES string of the molecule is Cc1ccc(-n2ccc(Br)c(CCBr)c2=O)cc1. The minimum Gasteiger partial charge on any atom is -0.284 e. The van der Waals surface area contributed by atoms with E-state index in [-0.39, 0.29) is 5.56 Å². The van der Waals surface area contributed by atoms with Gasteiger partial charge in [-0.1, -0.05) is 49.6 Å². The average molecular weight is 371 g/mol. The number of aryl methyl sites for hydroxylation is 1. The summed E-state index contributed by atoms with van der Waals surface area (Å²) < 4.78 is 2.55. The Balaban J connectivity index is 2.55. The molecular weight excluding hydrogens is 358 g/mol. The summed E-state index contributed by atoms with van der Waals surface area (Å²) in [6.45, 7) is 2.03. The number of halogens is 2. The van der Waals surface area contributed by atoms with E-state index in [4.69, 9.17) is 0 Å². The van der Waals surface area contributed by atoms with Gasteiger partial charge in [-0.15, -0.1) is 0 Å². The predicted octanol–water partition coefficient (Wildman–Crippen LogP) is 3.85. The average Bonchev–Trinajstić information content (AvgIpc) is 2.36. The fourth-order valence-electron chi connectivity index (χ4n) is 1.79. The number of hydrogen-bond donors (Lipinski definition) is 0. The van der Waals surface area contributed by atoms with Gasteiger partial charge in [0.25, 0.3) is 5.56 Å². The Labute approximate surface area is 123 Å². The second-order valence-electron chi connectivity index (χ2n) is 4.09. The Bertz CT molecular complexity index is 602. The van der Waals surface area contributed by atoms with Gasteiger partial charge in [-0.05, 0) is 31.5 Å². The summed E-state index contributed by atoms with van der Waals surface area (Å²) in [7, 11) is 0. The van der Waals surface area contributed by atoms with Crippen LogP contribution in [0.25, 0.3) is 5.69 Å². The zero-order chi connectivity index (χ0) is 13.1. The molecule has 0 radical (unpaired) electrons. The van der Waals surface area contributed by atoms with Crippen LogP contribution in [-0.4, -0.2) is 9.90 Å². The number of aromatic nitrogens is 1. The first-order valence-electron chi connectivity index (χ1n) is 5.66. The largest absolute Gasteiger partial charge is 0.284 e. The van der Waals surface area contributed by atoms with Crippen molar-refractivity contribution in [3.05, 3.63) is 62.5 Å². The Hall–Kier alpha value is -0.870. The van der Waals surface area contributed by atoms with E-state index in [1.165, 1.54) is 5.56 Å². The molecule has 1 heterocycles. The zero-order valence-corrected chi connectivity index (χ0v) is 13.2. The van der Waals surface area contributed by atoms with Crippen molar-refractivity contribution in [2.45, 2.75) is 13.3 Å². The first kappa shape index (κ1) is 13.6. The van der Waals surface area contributed by atoms with Crippen LogP contribution in [0, 0.1) is 6.92 Å². The first-order chi connectivity index (χ1) is 8.63. The molecule has 0 unspecified atom stereocenters. The molecule has 0 bridgehead atoms. The molecule has 0 N–H and O–H groups in total. The van der Waals surface area contributed by atoms with Crippen LogP contribution >= 0.6 is 31.9 Å². The summed E-state index contributed by atoms with van der Waals surface area (Å²) in [4.78, 5) is 12.4. The lowest BCUT2D eigenvalue weighted by atomic mass is 10.2. The molecular formula is C14H13Br2NO. The summed E-state index contributed by atoms with van der Waals surface area (Å²) in [6, 6.07) is 9.85. The highest BCUT2D eigenvalue weighted by atomic mass is 79.9. The van der Waals surface area contributed by atoms with Crippen molar-refractivity contribution in [2.75, 3.05) is 5.33 Å². The molecule has 4 heteroatoms. The highest BCUT2D eigenvalue weighted by Crippen LogP contribution is 2.16. The molecule has 2 aromatic rings. The van der Waals surface area contributed by atoms with E-state index < -0.39 is 0 Å². The lowest BCUT2D eigenvalue weighted by Crippen LogP contribution is -2.22. The van der Waals surface area contributed by atoms with Crippen LogP contribution in [0.5, 0.6) is 0 Å². The van der Waals surface area contributed by atoms with E-state index in [2.05, 4.69) is 31.9 Å². The molecule has 0 amide bonds. The lowest BCUT2D eigenvalue weighted by molar-refractivity contribution is 0.936. The van der Waals surface area contributed by atoms with Gasteiger partial charge < -0.3 is 0 Å². The normalized spacial score (nSPS) is 10.6. The van der Waals surface area contributed by atoms with Crippen LogP contribution in [0.4, 0.5) is 0 Å². The minimum atomic E-state index is 0.0349. The van der Waals surface area contributed by atoms with Gasteiger partial charge in [0.05, 0.1) is 0 Å². The summed E-state index contributed by atoms with van der Waals surface area (Å²) in [5, 5.41) is 0.777. The van der Waals surface area contributed by atoms with Crippen LogP contribution in [-0.2, 0) is 6.42 Å². The summed E-state index contributed by atoms with van der Waals surface area (Å²) >= 11 is 6.81. The molecule has 0 saturated heterocycles. The molecule has 18 heavy (non-hydrogen) atoms. The maximum absolute atomic E-state index is 12.4. The third kappa shape index (κ3) is 2.75. The number of rotatable bonds is 3. The zero-order valence-electron chi connectivity index (χ0n) is 9.99. The van der Waals surface area contributed by atoms with Crippen LogP contribution < -0.4 is 5.56 Å². The quantitative estimate of drug-likeness (QED) is 0.752. The number of hydrogen-bond acceptors (Lipinski definition) is 1. The summed E-state index contributed by atoms with van der Waals surface area (Å²) in [5.41, 5.74) is 2.92. The minimum absolute atomic E-state index is 0.0349. The van der Waals surface area contributed by atoms with Gasteiger partial charge in [-0.25, -0.2) is 0 Å². The van der Waals surface area contributed by atoms with Crippen LogP contribution in [0.1, 0.15) is 11.1 Å². The van der Waals surface area contributed by atoms with E-state index in [9.17, 15) is 4.79 Å². The predicted molar refractivity (Wildman–Crippen MR) is 82.0 cm³/mol. The maximum atomic E-state index is 12.4. The van der Waals surface area contributed by atoms with E-state index in [0.717, 1.165) is 21.1 Å². The van der Waals surface area contributed by atoms with E-state index >= 15 is 0 Å². The van der Waals surface area contributed by atoms with Crippen LogP contribution in [0.2, 0.25) is 0 Å². The second-order valence-corrected chi connectivity index (χ2v) is 5.74. The molecule has 2 rings (SSSR count). The number of pyridine rings is 1. The molecule has 0 saturated carbocycles. The monoisotopic (exact) mass is 369 g/mol. The van der Waals surface area contributed by atoms with Gasteiger partial charge in [-0.3, -0.25) is 9.36 Å². The summed E-state index contributed by atoms with van der Waals surface area (Å²) in [5.74, 6) is 0. The van der Waals surface area contributed by atoms with Gasteiger partial charge >= 0.3 is 0 Å². The van der Waals surface area contributed by atoms with Gasteiger partial charge in [0.1, 0.15) is 0 Å². The van der Waals surface area contributed by atoms with Gasteiger partial charge in [0, 0.05) is 27.3 Å². The van der Waals surface area contributed by atoms with Crippen LogP contribution in [0.15, 0.2) is 45.8 Å². The molecule has 0 spiro atoms. The Morgan fingerprint density at radius 1 is 1.17 bits per heavy atom. The topological polar surface area (TPSA) is 22.0 Å². The molecule has 0 fully saturated rings. The van der Waals surface area contributed by atoms with Crippen molar-refractivity contribution in [3.63, 3.8) is 0 Å². The Kier molecular flexibility index (Phi) is 4.40. The van der Waals surface area contributed by atoms with Crippen molar-refractivity contribution in [2.24, 2.45) is 0 Å². The van der Waals surface area contributed by atoms with Crippen molar-refractivity contribution >= 4 is 31.9 Å². The highest BCUT2D eigenvalue weighted by molar-refractivity contribution is 9.10. The fraction of sp³-hybridized carbons (Fsp3) is 0.214. The Morgan fingerprint density at radius 2 is 1.83 bits per heavy atom. The molecule has 1 aromatic carbocycles. The fourth-order valence-corrected chi connectivity index (χ4v) is 2.67. The first-order valence-corrected chi connectivity index (χ1v) is 7.58. The molecule has 0 aliphatic rings. The smallest absolute Gasteiger partial charge is 0.259 e. The molecule has 0 aliphatic heterocycles. The third-order valence-corrected chi connectivity index (χ3v) is 3.93. The molecule has 2 nitrogen and oxygen atoms in total. The second kappa shape index (κ2) is 5.85. The summed E-state index contributed by atoms with van der Waals surface area (Å²) in [6.07, 6.45) is 2.51. The highest BCUT2D eigenvalue weighted by Gasteiger charge is 2.08. The molecule has 0 atom stereocenters. The standard InChI is InChI=1S/C14H13Br2NO/c1-10-2-4-11(5-3-10)17-9-7-13(16)12(6-8-15)14(17)18/h2-5,7,9H,6,8H2,1H3. The van der Waals surface area contributed by atoms with Crippen molar-refractivity contribution in [1.82, 2.24) is 4.57 Å². The molecule has 1 aromatic heterocycles. The van der Waals surface area contributed by atoms with E-state index in [1.54, 1.807) is 10.8 Å². The van der Waals surface area contributed by atoms with Gasteiger partial charge in [0.15, 0.2) is 0 Å². The van der Waals surface area contributed by atoms with Crippen molar-refractivity contribution in [1.29, 1.82) is 0 Å².